The van der Waals surface area contributed by atoms with Gasteiger partial charge in [-0.05, 0) is 56.8 Å². The van der Waals surface area contributed by atoms with Gasteiger partial charge in [-0.15, -0.1) is 0 Å². The van der Waals surface area contributed by atoms with E-state index in [1.165, 1.54) is 12.1 Å². The van der Waals surface area contributed by atoms with Crippen LogP contribution in [-0.4, -0.2) is 56.0 Å². The Morgan fingerprint density at radius 1 is 1.19 bits per heavy atom. The van der Waals surface area contributed by atoms with Crippen molar-refractivity contribution in [2.45, 2.75) is 39.0 Å². The number of aromatic nitrogens is 1. The third-order valence-corrected chi connectivity index (χ3v) is 6.89. The van der Waals surface area contributed by atoms with Crippen molar-refractivity contribution < 1.29 is 18.0 Å². The summed E-state index contributed by atoms with van der Waals surface area (Å²) < 4.78 is 23.9. The van der Waals surface area contributed by atoms with Crippen LogP contribution in [0.15, 0.2) is 23.1 Å². The zero-order valence-corrected chi connectivity index (χ0v) is 19.9. The molecule has 9 heteroatoms. The predicted molar refractivity (Wildman–Crippen MR) is 127 cm³/mol. The number of carbonyl (C=O) groups is 2. The Labute approximate surface area is 189 Å². The summed E-state index contributed by atoms with van der Waals surface area (Å²) in [5.74, 6) is -0.370. The fourth-order valence-corrected chi connectivity index (χ4v) is 4.44. The van der Waals surface area contributed by atoms with Crippen LogP contribution in [0.25, 0.3) is 11.6 Å². The maximum Gasteiger partial charge on any atom is 0.256 e. The van der Waals surface area contributed by atoms with E-state index in [1.807, 2.05) is 13.8 Å². The average molecular weight is 459 g/mol. The van der Waals surface area contributed by atoms with E-state index in [4.69, 9.17) is 0 Å². The van der Waals surface area contributed by atoms with Gasteiger partial charge in [-0.1, -0.05) is 13.8 Å². The van der Waals surface area contributed by atoms with E-state index in [0.29, 0.717) is 41.2 Å². The van der Waals surface area contributed by atoms with Crippen LogP contribution in [0.1, 0.15) is 42.8 Å². The highest BCUT2D eigenvalue weighted by Gasteiger charge is 2.26. The summed E-state index contributed by atoms with van der Waals surface area (Å²) >= 11 is 0. The molecule has 0 atom stereocenters. The molecule has 0 fully saturated rings. The molecule has 2 amide bonds. The fourth-order valence-electron chi connectivity index (χ4n) is 3.79. The first-order valence-corrected chi connectivity index (χ1v) is 12.5. The molecule has 0 bridgehead atoms. The summed E-state index contributed by atoms with van der Waals surface area (Å²) in [6, 6.07) is 4.58. The van der Waals surface area contributed by atoms with Crippen molar-refractivity contribution in [1.29, 1.82) is 0 Å². The van der Waals surface area contributed by atoms with Gasteiger partial charge in [0.25, 0.3) is 5.91 Å². The van der Waals surface area contributed by atoms with Crippen LogP contribution in [0.3, 0.4) is 0 Å². The molecule has 0 saturated carbocycles. The number of nitrogens with one attached hydrogen (secondary N) is 3. The summed E-state index contributed by atoms with van der Waals surface area (Å²) in [6.07, 6.45) is 3.23. The van der Waals surface area contributed by atoms with Crippen LogP contribution < -0.4 is 10.6 Å². The van der Waals surface area contributed by atoms with Crippen molar-refractivity contribution in [3.05, 3.63) is 40.7 Å². The summed E-state index contributed by atoms with van der Waals surface area (Å²) in [5.41, 5.74) is 4.46. The highest BCUT2D eigenvalue weighted by atomic mass is 32.2. The maximum absolute atomic E-state index is 12.6. The highest BCUT2D eigenvalue weighted by Crippen LogP contribution is 2.36. The molecular weight excluding hydrogens is 428 g/mol. The van der Waals surface area contributed by atoms with E-state index >= 15 is 0 Å². The Morgan fingerprint density at radius 3 is 2.50 bits per heavy atom. The van der Waals surface area contributed by atoms with Crippen molar-refractivity contribution in [2.24, 2.45) is 0 Å². The number of benzene rings is 1. The summed E-state index contributed by atoms with van der Waals surface area (Å²) in [6.45, 7) is 10.4. The van der Waals surface area contributed by atoms with Crippen LogP contribution >= 0.6 is 0 Å². The number of aromatic amines is 1. The fraction of sp³-hybridized carbons (Fsp3) is 0.391. The Balaban J connectivity index is 1.88. The van der Waals surface area contributed by atoms with Gasteiger partial charge >= 0.3 is 0 Å². The van der Waals surface area contributed by atoms with Gasteiger partial charge in [0.15, 0.2) is 9.84 Å². The van der Waals surface area contributed by atoms with Crippen LogP contribution in [-0.2, 0) is 19.4 Å². The lowest BCUT2D eigenvalue weighted by Gasteiger charge is -2.17. The molecule has 2 heterocycles. The lowest BCUT2D eigenvalue weighted by molar-refractivity contribution is -0.116. The van der Waals surface area contributed by atoms with E-state index in [-0.39, 0.29) is 16.7 Å². The quantitative estimate of drug-likeness (QED) is 0.526. The van der Waals surface area contributed by atoms with Crippen LogP contribution in [0.5, 0.6) is 0 Å². The minimum absolute atomic E-state index is 0.0666. The monoisotopic (exact) mass is 458 g/mol. The number of sulfone groups is 1. The van der Waals surface area contributed by atoms with E-state index in [1.54, 1.807) is 12.1 Å². The molecule has 1 aromatic heterocycles. The zero-order valence-electron chi connectivity index (χ0n) is 19.1. The summed E-state index contributed by atoms with van der Waals surface area (Å²) in [4.78, 5) is 30.6. The Kier molecular flexibility index (Phi) is 6.90. The van der Waals surface area contributed by atoms with E-state index in [9.17, 15) is 18.0 Å². The Bertz CT molecular complexity index is 1190. The molecule has 0 saturated heterocycles. The minimum atomic E-state index is -3.40. The van der Waals surface area contributed by atoms with Crippen LogP contribution in [0.2, 0.25) is 0 Å². The maximum atomic E-state index is 12.6. The molecular formula is C23H30N4O4S. The van der Waals surface area contributed by atoms with Crippen LogP contribution in [0, 0.1) is 13.8 Å². The molecule has 0 unspecified atom stereocenters. The number of anilines is 2. The Morgan fingerprint density at radius 2 is 1.88 bits per heavy atom. The van der Waals surface area contributed by atoms with Gasteiger partial charge in [-0.2, -0.15) is 0 Å². The Hall–Kier alpha value is -2.91. The topological polar surface area (TPSA) is 111 Å². The second-order valence-electron chi connectivity index (χ2n) is 7.98. The van der Waals surface area contributed by atoms with Crippen LogP contribution in [0.4, 0.5) is 11.4 Å². The average Bonchev–Trinajstić information content (AvgIpc) is 3.18. The lowest BCUT2D eigenvalue weighted by Crippen LogP contribution is -2.27. The standard InChI is InChI=1S/C23H30N4O4S/c1-6-27(7-2)11-10-21(28)26-22-14(3)20(24-15(22)4)13-18-17-12-16(32(5,30)31)8-9-19(17)25-23(18)29/h8-9,12-13,24H,6-7,10-11H2,1-5H3,(H,25,29)(H,26,28)/b18-13-. The zero-order chi connectivity index (χ0) is 23.6. The first kappa shape index (κ1) is 23.7. The predicted octanol–water partition coefficient (Wildman–Crippen LogP) is 3.20. The molecule has 3 N–H and O–H groups in total. The molecule has 172 valence electrons. The first-order valence-electron chi connectivity index (χ1n) is 10.6. The summed E-state index contributed by atoms with van der Waals surface area (Å²) in [5, 5.41) is 5.75. The van der Waals surface area contributed by atoms with Crippen molar-refractivity contribution in [1.82, 2.24) is 9.88 Å². The molecule has 32 heavy (non-hydrogen) atoms. The molecule has 0 radical (unpaired) electrons. The lowest BCUT2D eigenvalue weighted by atomic mass is 10.0. The second kappa shape index (κ2) is 9.30. The third-order valence-electron chi connectivity index (χ3n) is 5.78. The highest BCUT2D eigenvalue weighted by molar-refractivity contribution is 7.90. The molecule has 0 aliphatic carbocycles. The van der Waals surface area contributed by atoms with E-state index in [2.05, 4.69) is 34.4 Å². The smallest absolute Gasteiger partial charge is 0.256 e. The molecule has 1 aromatic carbocycles. The van der Waals surface area contributed by atoms with Gasteiger partial charge < -0.3 is 20.5 Å². The van der Waals surface area contributed by atoms with Gasteiger partial charge in [0.1, 0.15) is 0 Å². The second-order valence-corrected chi connectivity index (χ2v) is 10.00. The number of aryl methyl sites for hydroxylation is 1. The van der Waals surface area contributed by atoms with E-state index < -0.39 is 9.84 Å². The van der Waals surface area contributed by atoms with Gasteiger partial charge in [-0.3, -0.25) is 9.59 Å². The number of rotatable bonds is 8. The SMILES string of the molecule is CCN(CC)CCC(=O)Nc1c(C)[nH]c(/C=C2\C(=O)Nc3ccc(S(C)(=O)=O)cc32)c1C. The van der Waals surface area contributed by atoms with Crippen molar-refractivity contribution in [3.8, 4) is 0 Å². The number of nitrogens with zero attached hydrogens (tertiary/aromatic N) is 1. The number of amides is 2. The molecule has 8 nitrogen and oxygen atoms in total. The van der Waals surface area contributed by atoms with Crippen molar-refractivity contribution >= 4 is 44.7 Å². The van der Waals surface area contributed by atoms with Crippen molar-refractivity contribution in [3.63, 3.8) is 0 Å². The number of hydrogen-bond acceptors (Lipinski definition) is 5. The van der Waals surface area contributed by atoms with Gasteiger partial charge in [0.05, 0.1) is 16.2 Å². The third kappa shape index (κ3) is 4.94. The largest absolute Gasteiger partial charge is 0.357 e. The normalized spacial score (nSPS) is 14.7. The van der Waals surface area contributed by atoms with Gasteiger partial charge in [0, 0.05) is 41.9 Å². The molecule has 3 rings (SSSR count). The molecule has 0 spiro atoms. The summed E-state index contributed by atoms with van der Waals surface area (Å²) in [7, 11) is -3.40. The van der Waals surface area contributed by atoms with Gasteiger partial charge in [0.2, 0.25) is 5.91 Å². The minimum Gasteiger partial charge on any atom is -0.357 e. The number of hydrogen-bond donors (Lipinski definition) is 3. The van der Waals surface area contributed by atoms with Crippen molar-refractivity contribution in [2.75, 3.05) is 36.5 Å². The molecule has 2 aromatic rings. The van der Waals surface area contributed by atoms with E-state index in [0.717, 1.165) is 30.6 Å². The van der Waals surface area contributed by atoms with Gasteiger partial charge in [-0.25, -0.2) is 8.42 Å². The number of fused-ring (bicyclic) bond motifs is 1. The number of H-pyrrole nitrogens is 1. The molecule has 1 aliphatic heterocycles. The molecule has 1 aliphatic rings. The first-order chi connectivity index (χ1) is 15.0. The number of carbonyl (C=O) groups excluding carboxylic acids is 2.